The molecule has 1 saturated heterocycles. The van der Waals surface area contributed by atoms with Crippen molar-refractivity contribution in [3.8, 4) is 11.1 Å². The molecule has 0 amide bonds. The first-order valence-corrected chi connectivity index (χ1v) is 11.6. The predicted molar refractivity (Wildman–Crippen MR) is 137 cm³/mol. The van der Waals surface area contributed by atoms with E-state index in [1.54, 1.807) is 12.3 Å². The molecule has 0 atom stereocenters. The van der Waals surface area contributed by atoms with Crippen molar-refractivity contribution in [1.82, 2.24) is 24.8 Å². The topological polar surface area (TPSA) is 90.0 Å². The van der Waals surface area contributed by atoms with E-state index in [2.05, 4.69) is 43.2 Å². The quantitative estimate of drug-likeness (QED) is 0.458. The molecule has 1 aliphatic heterocycles. The summed E-state index contributed by atoms with van der Waals surface area (Å²) in [5.41, 5.74) is 4.30. The molecule has 34 heavy (non-hydrogen) atoms. The van der Waals surface area contributed by atoms with Crippen LogP contribution in [0.5, 0.6) is 0 Å². The summed E-state index contributed by atoms with van der Waals surface area (Å²) in [5, 5.41) is 4.45. The number of anilines is 3. The molecular formula is C25H26ClN7O. The third-order valence-corrected chi connectivity index (χ3v) is 6.64. The summed E-state index contributed by atoms with van der Waals surface area (Å²) >= 11 is 6.34. The van der Waals surface area contributed by atoms with E-state index in [1.165, 1.54) is 0 Å². The van der Waals surface area contributed by atoms with Gasteiger partial charge >= 0.3 is 0 Å². The first-order valence-electron chi connectivity index (χ1n) is 11.2. The monoisotopic (exact) mass is 475 g/mol. The number of benzene rings is 1. The van der Waals surface area contributed by atoms with E-state index >= 15 is 0 Å². The second-order valence-electron chi connectivity index (χ2n) is 8.61. The van der Waals surface area contributed by atoms with E-state index in [-0.39, 0.29) is 5.56 Å². The van der Waals surface area contributed by atoms with Crippen LogP contribution in [0, 0.1) is 13.8 Å². The number of aromatic nitrogens is 4. The lowest BCUT2D eigenvalue weighted by Crippen LogP contribution is -2.44. The molecule has 0 aliphatic carbocycles. The number of nitrogens with one attached hydrogen (secondary N) is 2. The highest BCUT2D eigenvalue weighted by Crippen LogP contribution is 2.30. The van der Waals surface area contributed by atoms with Crippen LogP contribution >= 0.6 is 11.6 Å². The number of piperazine rings is 1. The Kier molecular flexibility index (Phi) is 5.93. The lowest BCUT2D eigenvalue weighted by Gasteiger charge is -2.34. The molecule has 5 rings (SSSR count). The van der Waals surface area contributed by atoms with Crippen molar-refractivity contribution in [1.29, 1.82) is 0 Å². The van der Waals surface area contributed by atoms with E-state index in [4.69, 9.17) is 16.6 Å². The Morgan fingerprint density at radius 2 is 1.79 bits per heavy atom. The Balaban J connectivity index is 1.43. The van der Waals surface area contributed by atoms with Gasteiger partial charge in [0.15, 0.2) is 0 Å². The number of aryl methyl sites for hydroxylation is 2. The summed E-state index contributed by atoms with van der Waals surface area (Å²) in [5.74, 6) is 1.02. The minimum atomic E-state index is -0.242. The Labute approximate surface area is 202 Å². The van der Waals surface area contributed by atoms with Gasteiger partial charge in [-0.3, -0.25) is 4.79 Å². The molecule has 4 heterocycles. The summed E-state index contributed by atoms with van der Waals surface area (Å²) < 4.78 is 0. The standard InChI is InChI=1S/C25H26ClN7O/c1-15-18-14-27-25(31-23(18)30-24(34)22(15)17-6-4-5-7-19(17)26)29-21-9-8-20(16(2)28-21)33-12-10-32(3)11-13-33/h4-9,14H,10-13H2,1-3H3,(H2,27,28,29,30,31,34). The van der Waals surface area contributed by atoms with Gasteiger partial charge in [-0.05, 0) is 44.7 Å². The number of pyridine rings is 2. The normalized spacial score (nSPS) is 14.5. The van der Waals surface area contributed by atoms with Gasteiger partial charge in [0.05, 0.1) is 16.9 Å². The highest BCUT2D eigenvalue weighted by Gasteiger charge is 2.18. The molecule has 1 fully saturated rings. The number of hydrogen-bond donors (Lipinski definition) is 2. The van der Waals surface area contributed by atoms with Crippen LogP contribution in [-0.2, 0) is 0 Å². The average Bonchev–Trinajstić information content (AvgIpc) is 2.81. The maximum Gasteiger partial charge on any atom is 0.257 e. The van der Waals surface area contributed by atoms with Gasteiger partial charge in [0, 0.05) is 48.3 Å². The van der Waals surface area contributed by atoms with Crippen LogP contribution in [0.4, 0.5) is 17.5 Å². The van der Waals surface area contributed by atoms with Crippen molar-refractivity contribution < 1.29 is 0 Å². The molecule has 2 N–H and O–H groups in total. The van der Waals surface area contributed by atoms with Gasteiger partial charge in [0.2, 0.25) is 5.95 Å². The van der Waals surface area contributed by atoms with Gasteiger partial charge in [0.1, 0.15) is 11.5 Å². The van der Waals surface area contributed by atoms with Crippen LogP contribution in [0.2, 0.25) is 5.02 Å². The van der Waals surface area contributed by atoms with Gasteiger partial charge < -0.3 is 20.1 Å². The zero-order chi connectivity index (χ0) is 23.8. The number of H-pyrrole nitrogens is 1. The summed E-state index contributed by atoms with van der Waals surface area (Å²) in [6.07, 6.45) is 1.71. The molecule has 174 valence electrons. The molecule has 1 aliphatic rings. The van der Waals surface area contributed by atoms with Crippen LogP contribution in [0.15, 0.2) is 47.4 Å². The van der Waals surface area contributed by atoms with Crippen LogP contribution in [0.3, 0.4) is 0 Å². The zero-order valence-corrected chi connectivity index (χ0v) is 20.1. The summed E-state index contributed by atoms with van der Waals surface area (Å²) in [6, 6.07) is 11.3. The summed E-state index contributed by atoms with van der Waals surface area (Å²) in [6.45, 7) is 7.96. The van der Waals surface area contributed by atoms with Gasteiger partial charge in [-0.2, -0.15) is 4.98 Å². The Bertz CT molecular complexity index is 1430. The molecule has 1 aromatic carbocycles. The van der Waals surface area contributed by atoms with Crippen molar-refractivity contribution in [3.63, 3.8) is 0 Å². The third-order valence-electron chi connectivity index (χ3n) is 6.31. The van der Waals surface area contributed by atoms with Crippen LogP contribution in [-0.4, -0.2) is 58.1 Å². The smallest absolute Gasteiger partial charge is 0.257 e. The highest BCUT2D eigenvalue weighted by atomic mass is 35.5. The number of likely N-dealkylation sites (N-methyl/N-ethyl adjacent to an activating group) is 1. The lowest BCUT2D eigenvalue weighted by atomic mass is 10.0. The van der Waals surface area contributed by atoms with E-state index in [1.807, 2.05) is 38.1 Å². The molecule has 8 nitrogen and oxygen atoms in total. The van der Waals surface area contributed by atoms with Crippen LogP contribution < -0.4 is 15.8 Å². The fraction of sp³-hybridized carbons (Fsp3) is 0.280. The van der Waals surface area contributed by atoms with Crippen LogP contribution in [0.25, 0.3) is 22.2 Å². The number of hydrogen-bond acceptors (Lipinski definition) is 7. The number of fused-ring (bicyclic) bond motifs is 1. The molecule has 0 unspecified atom stereocenters. The van der Waals surface area contributed by atoms with Crippen LogP contribution in [0.1, 0.15) is 11.3 Å². The largest absolute Gasteiger partial charge is 0.368 e. The summed E-state index contributed by atoms with van der Waals surface area (Å²) in [4.78, 5) is 34.2. The fourth-order valence-electron chi connectivity index (χ4n) is 4.39. The first-order chi connectivity index (χ1) is 16.4. The van der Waals surface area contributed by atoms with Crippen molar-refractivity contribution in [3.05, 3.63) is 69.2 Å². The molecule has 0 radical (unpaired) electrons. The van der Waals surface area contributed by atoms with Gasteiger partial charge in [-0.1, -0.05) is 29.8 Å². The second kappa shape index (κ2) is 9.04. The fourth-order valence-corrected chi connectivity index (χ4v) is 4.62. The molecule has 3 aromatic heterocycles. The van der Waals surface area contributed by atoms with Crippen molar-refractivity contribution in [2.45, 2.75) is 13.8 Å². The van der Waals surface area contributed by atoms with Gasteiger partial charge in [-0.25, -0.2) is 9.97 Å². The molecule has 0 saturated carbocycles. The average molecular weight is 476 g/mol. The van der Waals surface area contributed by atoms with Crippen molar-refractivity contribution >= 4 is 40.1 Å². The number of halogens is 1. The number of nitrogens with zero attached hydrogens (tertiary/aromatic N) is 5. The van der Waals surface area contributed by atoms with Crippen molar-refractivity contribution in [2.24, 2.45) is 0 Å². The van der Waals surface area contributed by atoms with E-state index in [9.17, 15) is 4.79 Å². The minimum absolute atomic E-state index is 0.242. The number of aromatic amines is 1. The Morgan fingerprint density at radius 1 is 1.03 bits per heavy atom. The number of rotatable bonds is 4. The summed E-state index contributed by atoms with van der Waals surface area (Å²) in [7, 11) is 2.14. The predicted octanol–water partition coefficient (Wildman–Crippen LogP) is 4.15. The van der Waals surface area contributed by atoms with E-state index in [0.717, 1.165) is 48.5 Å². The SMILES string of the molecule is Cc1nc(Nc2ncc3c(C)c(-c4ccccc4Cl)c(=O)[nH]c3n2)ccc1N1CCN(C)CC1. The molecule has 0 spiro atoms. The first kappa shape index (κ1) is 22.3. The van der Waals surface area contributed by atoms with Gasteiger partial charge in [-0.15, -0.1) is 0 Å². The highest BCUT2D eigenvalue weighted by molar-refractivity contribution is 6.33. The lowest BCUT2D eigenvalue weighted by molar-refractivity contribution is 0.312. The maximum absolute atomic E-state index is 12.9. The van der Waals surface area contributed by atoms with E-state index in [0.29, 0.717) is 33.6 Å². The third kappa shape index (κ3) is 4.22. The Morgan fingerprint density at radius 3 is 2.53 bits per heavy atom. The maximum atomic E-state index is 12.9. The van der Waals surface area contributed by atoms with Gasteiger partial charge in [0.25, 0.3) is 5.56 Å². The minimum Gasteiger partial charge on any atom is -0.368 e. The molecule has 9 heteroatoms. The molecule has 4 aromatic rings. The second-order valence-corrected chi connectivity index (χ2v) is 9.01. The van der Waals surface area contributed by atoms with Crippen molar-refractivity contribution in [2.75, 3.05) is 43.4 Å². The molecular weight excluding hydrogens is 450 g/mol. The molecule has 0 bridgehead atoms. The zero-order valence-electron chi connectivity index (χ0n) is 19.4. The Hall–Kier alpha value is -3.49. The van der Waals surface area contributed by atoms with E-state index < -0.39 is 0 Å².